The minimum atomic E-state index is -0.584. The summed E-state index contributed by atoms with van der Waals surface area (Å²) in [5.41, 5.74) is 0.461. The summed E-state index contributed by atoms with van der Waals surface area (Å²) in [5, 5.41) is 27.7. The van der Waals surface area contributed by atoms with Gasteiger partial charge in [-0.3, -0.25) is 29.7 Å². The van der Waals surface area contributed by atoms with Gasteiger partial charge >= 0.3 is 5.69 Å². The van der Waals surface area contributed by atoms with E-state index in [1.165, 1.54) is 23.0 Å². The maximum Gasteiger partial charge on any atom is 0.306 e. The average molecular weight is 319 g/mol. The molecule has 0 aliphatic carbocycles. The number of aromatic nitrogens is 2. The van der Waals surface area contributed by atoms with Gasteiger partial charge in [0.25, 0.3) is 5.69 Å². The molecule has 1 heterocycles. The number of aryl methyl sites for hydroxylation is 2. The Morgan fingerprint density at radius 1 is 1.30 bits per heavy atom. The number of amides is 1. The van der Waals surface area contributed by atoms with Gasteiger partial charge in [0.2, 0.25) is 5.91 Å². The summed E-state index contributed by atoms with van der Waals surface area (Å²) in [6.07, 6.45) is 2.27. The largest absolute Gasteiger partial charge is 0.320 e. The number of nitro benzene ring substituents is 1. The number of rotatable bonds is 6. The van der Waals surface area contributed by atoms with Gasteiger partial charge in [0.1, 0.15) is 18.1 Å². The number of benzene rings is 1. The zero-order valence-electron chi connectivity index (χ0n) is 12.1. The Morgan fingerprint density at radius 3 is 2.65 bits per heavy atom. The van der Waals surface area contributed by atoms with Crippen LogP contribution in [0.25, 0.3) is 0 Å². The quantitative estimate of drug-likeness (QED) is 0.639. The Kier molecular flexibility index (Phi) is 4.64. The molecule has 0 bridgehead atoms. The van der Waals surface area contributed by atoms with E-state index in [0.29, 0.717) is 5.56 Å². The first-order valence-electron chi connectivity index (χ1n) is 6.58. The predicted molar refractivity (Wildman–Crippen MR) is 80.0 cm³/mol. The average Bonchev–Trinajstić information content (AvgIpc) is 2.96. The Hall–Kier alpha value is -3.30. The van der Waals surface area contributed by atoms with Crippen molar-refractivity contribution in [3.8, 4) is 0 Å². The van der Waals surface area contributed by atoms with Crippen LogP contribution < -0.4 is 5.32 Å². The minimum absolute atomic E-state index is 0.0239. The number of nitro groups is 2. The standard InChI is InChI=1S/C13H13N5O5/c1-9-2-3-11(12(6-9)18(22)23)15-13(19)4-5-16-8-10(7-14-16)17(20)21/h2-3,6-8H,4-5H2,1H3,(H,15,19). The molecule has 0 aliphatic heterocycles. The van der Waals surface area contributed by atoms with Crippen molar-refractivity contribution in [3.63, 3.8) is 0 Å². The number of anilines is 1. The molecule has 1 N–H and O–H groups in total. The van der Waals surface area contributed by atoms with Crippen LogP contribution in [0, 0.1) is 27.2 Å². The molecule has 10 heteroatoms. The smallest absolute Gasteiger partial charge is 0.306 e. The predicted octanol–water partition coefficient (Wildman–Crippen LogP) is 2.04. The molecule has 10 nitrogen and oxygen atoms in total. The molecule has 0 radical (unpaired) electrons. The molecular weight excluding hydrogens is 306 g/mol. The number of nitrogens with one attached hydrogen (secondary N) is 1. The third-order valence-electron chi connectivity index (χ3n) is 3.02. The van der Waals surface area contributed by atoms with E-state index in [1.807, 2.05) is 0 Å². The molecule has 2 rings (SSSR count). The molecule has 1 aromatic carbocycles. The fourth-order valence-electron chi connectivity index (χ4n) is 1.90. The van der Waals surface area contributed by atoms with Gasteiger partial charge in [-0.1, -0.05) is 6.07 Å². The van der Waals surface area contributed by atoms with Crippen molar-refractivity contribution >= 4 is 23.0 Å². The molecule has 1 aromatic heterocycles. The topological polar surface area (TPSA) is 133 Å². The minimum Gasteiger partial charge on any atom is -0.320 e. The normalized spacial score (nSPS) is 10.3. The van der Waals surface area contributed by atoms with Crippen LogP contribution in [-0.4, -0.2) is 25.5 Å². The number of carbonyl (C=O) groups excluding carboxylic acids is 1. The van der Waals surface area contributed by atoms with E-state index in [9.17, 15) is 25.0 Å². The highest BCUT2D eigenvalue weighted by Gasteiger charge is 2.16. The molecule has 2 aromatic rings. The second-order valence-corrected chi connectivity index (χ2v) is 4.79. The molecule has 23 heavy (non-hydrogen) atoms. The Morgan fingerprint density at radius 2 is 2.04 bits per heavy atom. The molecule has 120 valence electrons. The van der Waals surface area contributed by atoms with Crippen molar-refractivity contribution in [3.05, 3.63) is 56.4 Å². The molecule has 0 saturated heterocycles. The summed E-state index contributed by atoms with van der Waals surface area (Å²) < 4.78 is 1.27. The highest BCUT2D eigenvalue weighted by molar-refractivity contribution is 5.93. The third-order valence-corrected chi connectivity index (χ3v) is 3.02. The van der Waals surface area contributed by atoms with Gasteiger partial charge in [0.15, 0.2) is 0 Å². The molecule has 0 atom stereocenters. The van der Waals surface area contributed by atoms with Crippen LogP contribution in [-0.2, 0) is 11.3 Å². The lowest BCUT2D eigenvalue weighted by Gasteiger charge is -2.06. The van der Waals surface area contributed by atoms with Gasteiger partial charge in [0.05, 0.1) is 9.85 Å². The van der Waals surface area contributed by atoms with Crippen LogP contribution in [0.15, 0.2) is 30.6 Å². The van der Waals surface area contributed by atoms with Crippen molar-refractivity contribution in [1.82, 2.24) is 9.78 Å². The Labute approximate surface area is 130 Å². The van der Waals surface area contributed by atoms with Gasteiger partial charge < -0.3 is 5.32 Å². The van der Waals surface area contributed by atoms with E-state index in [4.69, 9.17) is 0 Å². The number of carbonyl (C=O) groups is 1. The van der Waals surface area contributed by atoms with Crippen LogP contribution in [0.1, 0.15) is 12.0 Å². The Bertz CT molecular complexity index is 770. The van der Waals surface area contributed by atoms with E-state index in [2.05, 4.69) is 10.4 Å². The number of nitrogens with zero attached hydrogens (tertiary/aromatic N) is 4. The maximum atomic E-state index is 11.9. The lowest BCUT2D eigenvalue weighted by atomic mass is 10.2. The fraction of sp³-hybridized carbons (Fsp3) is 0.231. The Balaban J connectivity index is 1.99. The van der Waals surface area contributed by atoms with Crippen molar-refractivity contribution in [2.24, 2.45) is 0 Å². The molecule has 0 fully saturated rings. The summed E-state index contributed by atoms with van der Waals surface area (Å²) in [5.74, 6) is -0.449. The SMILES string of the molecule is Cc1ccc(NC(=O)CCn2cc([N+](=O)[O-])cn2)c([N+](=O)[O-])c1. The zero-order chi connectivity index (χ0) is 17.0. The zero-order valence-corrected chi connectivity index (χ0v) is 12.1. The van der Waals surface area contributed by atoms with Crippen molar-refractivity contribution < 1.29 is 14.6 Å². The molecule has 0 spiro atoms. The monoisotopic (exact) mass is 319 g/mol. The van der Waals surface area contributed by atoms with Crippen molar-refractivity contribution in [1.29, 1.82) is 0 Å². The van der Waals surface area contributed by atoms with Crippen LogP contribution in [0.2, 0.25) is 0 Å². The van der Waals surface area contributed by atoms with E-state index in [1.54, 1.807) is 13.0 Å². The van der Waals surface area contributed by atoms with E-state index in [0.717, 1.165) is 6.20 Å². The first kappa shape index (κ1) is 16.1. The number of hydrogen-bond donors (Lipinski definition) is 1. The van der Waals surface area contributed by atoms with Crippen LogP contribution in [0.4, 0.5) is 17.1 Å². The molecular formula is C13H13N5O5. The third kappa shape index (κ3) is 4.09. The molecule has 0 saturated carbocycles. The van der Waals surface area contributed by atoms with Crippen LogP contribution >= 0.6 is 0 Å². The summed E-state index contributed by atoms with van der Waals surface area (Å²) >= 11 is 0. The van der Waals surface area contributed by atoms with E-state index < -0.39 is 15.8 Å². The second kappa shape index (κ2) is 6.64. The highest BCUT2D eigenvalue weighted by atomic mass is 16.6. The van der Waals surface area contributed by atoms with Gasteiger partial charge in [-0.05, 0) is 18.6 Å². The van der Waals surface area contributed by atoms with Crippen molar-refractivity contribution in [2.75, 3.05) is 5.32 Å². The highest BCUT2D eigenvalue weighted by Crippen LogP contribution is 2.25. The molecule has 0 aliphatic rings. The van der Waals surface area contributed by atoms with E-state index >= 15 is 0 Å². The first-order valence-corrected chi connectivity index (χ1v) is 6.58. The molecule has 0 unspecified atom stereocenters. The van der Waals surface area contributed by atoms with Gasteiger partial charge in [-0.15, -0.1) is 0 Å². The summed E-state index contributed by atoms with van der Waals surface area (Å²) in [6, 6.07) is 4.48. The fourth-order valence-corrected chi connectivity index (χ4v) is 1.90. The van der Waals surface area contributed by atoms with Crippen LogP contribution in [0.5, 0.6) is 0 Å². The van der Waals surface area contributed by atoms with Gasteiger partial charge in [0, 0.05) is 19.0 Å². The lowest BCUT2D eigenvalue weighted by molar-refractivity contribution is -0.385. The summed E-state index contributed by atoms with van der Waals surface area (Å²) in [6.45, 7) is 1.84. The summed E-state index contributed by atoms with van der Waals surface area (Å²) in [7, 11) is 0. The maximum absolute atomic E-state index is 11.9. The first-order chi connectivity index (χ1) is 10.9. The lowest BCUT2D eigenvalue weighted by Crippen LogP contribution is -2.15. The van der Waals surface area contributed by atoms with E-state index in [-0.39, 0.29) is 30.0 Å². The molecule has 1 amide bonds. The second-order valence-electron chi connectivity index (χ2n) is 4.79. The number of hydrogen-bond acceptors (Lipinski definition) is 6. The van der Waals surface area contributed by atoms with Crippen molar-refractivity contribution in [2.45, 2.75) is 19.9 Å². The van der Waals surface area contributed by atoms with Gasteiger partial charge in [-0.2, -0.15) is 5.10 Å². The summed E-state index contributed by atoms with van der Waals surface area (Å²) in [4.78, 5) is 32.2. The van der Waals surface area contributed by atoms with Crippen LogP contribution in [0.3, 0.4) is 0 Å². The van der Waals surface area contributed by atoms with Gasteiger partial charge in [-0.25, -0.2) is 0 Å².